The highest BCUT2D eigenvalue weighted by atomic mass is 16.6. The number of hydrogen-bond acceptors (Lipinski definition) is 4. The Morgan fingerprint density at radius 2 is 1.53 bits per heavy atom. The maximum absolute atomic E-state index is 14.5. The molecule has 0 aliphatic carbocycles. The third-order valence-electron chi connectivity index (χ3n) is 7.63. The summed E-state index contributed by atoms with van der Waals surface area (Å²) < 4.78 is 5.50. The van der Waals surface area contributed by atoms with Gasteiger partial charge in [-0.1, -0.05) is 107 Å². The van der Waals surface area contributed by atoms with Crippen LogP contribution in [0.4, 0.5) is 10.5 Å². The lowest BCUT2D eigenvalue weighted by Gasteiger charge is -2.36. The Kier molecular flexibility index (Phi) is 13.0. The van der Waals surface area contributed by atoms with Crippen molar-refractivity contribution in [3.05, 3.63) is 77.9 Å². The molecular formula is C38H49N3O4. The standard InChI is InChI=1S/C38H49N3O4/c1-8-10-11-12-13-18-25-41(36(43)33(27(3)4)40-37(44)45-38(5,6)7)34(32-22-17-16-19-28(32)9-2)35(42)39-31-24-23-29-20-14-15-21-30(29)26-31/h2,14-17,19-24,26-27,33-34H,8,10-13,18,25H2,1,3-7H3,(H,39,42)(H,40,44). The molecule has 0 aromatic heterocycles. The van der Waals surface area contributed by atoms with E-state index < -0.39 is 23.8 Å². The molecule has 7 heteroatoms. The Morgan fingerprint density at radius 1 is 0.889 bits per heavy atom. The van der Waals surface area contributed by atoms with Crippen LogP contribution >= 0.6 is 0 Å². The van der Waals surface area contributed by atoms with Crippen LogP contribution in [-0.2, 0) is 14.3 Å². The Bertz CT molecular complexity index is 1480. The van der Waals surface area contributed by atoms with E-state index in [2.05, 4.69) is 23.5 Å². The first kappa shape index (κ1) is 35.2. The average molecular weight is 612 g/mol. The van der Waals surface area contributed by atoms with E-state index in [9.17, 15) is 14.4 Å². The number of hydrogen-bond donors (Lipinski definition) is 2. The van der Waals surface area contributed by atoms with E-state index in [1.54, 1.807) is 37.8 Å². The zero-order valence-electron chi connectivity index (χ0n) is 27.7. The summed E-state index contributed by atoms with van der Waals surface area (Å²) in [6, 6.07) is 18.9. The van der Waals surface area contributed by atoms with E-state index in [1.807, 2.05) is 68.4 Å². The summed E-state index contributed by atoms with van der Waals surface area (Å²) in [7, 11) is 0. The first-order valence-electron chi connectivity index (χ1n) is 16.1. The number of ether oxygens (including phenoxy) is 1. The van der Waals surface area contributed by atoms with Crippen LogP contribution in [0.3, 0.4) is 0 Å². The largest absolute Gasteiger partial charge is 0.444 e. The zero-order valence-corrected chi connectivity index (χ0v) is 27.7. The fourth-order valence-corrected chi connectivity index (χ4v) is 5.35. The van der Waals surface area contributed by atoms with Crippen molar-refractivity contribution in [1.29, 1.82) is 0 Å². The van der Waals surface area contributed by atoms with Crippen LogP contribution in [0.25, 0.3) is 10.8 Å². The Labute approximate surface area is 269 Å². The monoisotopic (exact) mass is 611 g/mol. The molecule has 240 valence electrons. The maximum atomic E-state index is 14.5. The molecule has 0 heterocycles. The van der Waals surface area contributed by atoms with Crippen LogP contribution in [0.5, 0.6) is 0 Å². The number of benzene rings is 3. The van der Waals surface area contributed by atoms with Gasteiger partial charge in [-0.3, -0.25) is 9.59 Å². The maximum Gasteiger partial charge on any atom is 0.408 e. The van der Waals surface area contributed by atoms with Crippen molar-refractivity contribution >= 4 is 34.4 Å². The molecule has 3 amide bonds. The van der Waals surface area contributed by atoms with Crippen molar-refractivity contribution in [2.75, 3.05) is 11.9 Å². The van der Waals surface area contributed by atoms with Crippen LogP contribution in [0, 0.1) is 18.3 Å². The minimum absolute atomic E-state index is 0.274. The summed E-state index contributed by atoms with van der Waals surface area (Å²) in [4.78, 5) is 43.3. The summed E-state index contributed by atoms with van der Waals surface area (Å²) >= 11 is 0. The number of anilines is 1. The lowest BCUT2D eigenvalue weighted by molar-refractivity contribution is -0.141. The molecule has 0 aliphatic heterocycles. The number of fused-ring (bicyclic) bond motifs is 1. The molecule has 0 aliphatic rings. The SMILES string of the molecule is C#Cc1ccccc1C(C(=O)Nc1ccc2ccccc2c1)N(CCCCCCCC)C(=O)C(NC(=O)OC(C)(C)C)C(C)C. The van der Waals surface area contributed by atoms with Gasteiger partial charge in [0.15, 0.2) is 0 Å². The smallest absolute Gasteiger partial charge is 0.408 e. The third-order valence-corrected chi connectivity index (χ3v) is 7.63. The molecule has 2 N–H and O–H groups in total. The van der Waals surface area contributed by atoms with Crippen molar-refractivity contribution < 1.29 is 19.1 Å². The number of terminal acetylenes is 1. The molecule has 3 aromatic rings. The van der Waals surface area contributed by atoms with E-state index in [-0.39, 0.29) is 17.7 Å². The van der Waals surface area contributed by atoms with Gasteiger partial charge in [0.05, 0.1) is 0 Å². The number of alkyl carbamates (subject to hydrolysis) is 1. The van der Waals surface area contributed by atoms with Gasteiger partial charge in [-0.15, -0.1) is 6.42 Å². The fraction of sp³-hybridized carbons (Fsp3) is 0.447. The van der Waals surface area contributed by atoms with Crippen molar-refractivity contribution in [3.8, 4) is 12.3 Å². The predicted molar refractivity (Wildman–Crippen MR) is 183 cm³/mol. The molecule has 0 saturated heterocycles. The lowest BCUT2D eigenvalue weighted by Crippen LogP contribution is -2.54. The van der Waals surface area contributed by atoms with Crippen LogP contribution < -0.4 is 10.6 Å². The van der Waals surface area contributed by atoms with Crippen molar-refractivity contribution in [2.45, 2.75) is 97.8 Å². The number of unbranched alkanes of at least 4 members (excludes halogenated alkanes) is 5. The number of carbonyl (C=O) groups excluding carboxylic acids is 3. The third kappa shape index (κ3) is 10.4. The van der Waals surface area contributed by atoms with E-state index in [1.165, 1.54) is 0 Å². The number of amides is 3. The highest BCUT2D eigenvalue weighted by Gasteiger charge is 2.38. The van der Waals surface area contributed by atoms with Gasteiger partial charge in [-0.25, -0.2) is 4.79 Å². The first-order chi connectivity index (χ1) is 21.4. The van der Waals surface area contributed by atoms with Gasteiger partial charge in [0.2, 0.25) is 5.91 Å². The summed E-state index contributed by atoms with van der Waals surface area (Å²) in [6.07, 6.45) is 11.3. The summed E-state index contributed by atoms with van der Waals surface area (Å²) in [6.45, 7) is 11.5. The Balaban J connectivity index is 2.05. The highest BCUT2D eigenvalue weighted by molar-refractivity contribution is 6.00. The van der Waals surface area contributed by atoms with Crippen molar-refractivity contribution in [2.24, 2.45) is 5.92 Å². The molecule has 0 fully saturated rings. The summed E-state index contributed by atoms with van der Waals surface area (Å²) in [5.41, 5.74) is 0.956. The van der Waals surface area contributed by atoms with Gasteiger partial charge in [-0.2, -0.15) is 0 Å². The zero-order chi connectivity index (χ0) is 33.0. The second kappa shape index (κ2) is 16.7. The topological polar surface area (TPSA) is 87.7 Å². The number of nitrogens with one attached hydrogen (secondary N) is 2. The first-order valence-corrected chi connectivity index (χ1v) is 16.1. The molecule has 45 heavy (non-hydrogen) atoms. The number of carbonyl (C=O) groups is 3. The minimum Gasteiger partial charge on any atom is -0.444 e. The average Bonchev–Trinajstić information content (AvgIpc) is 2.99. The predicted octanol–water partition coefficient (Wildman–Crippen LogP) is 8.24. The Hall–Kier alpha value is -4.31. The van der Waals surface area contributed by atoms with Gasteiger partial charge >= 0.3 is 6.09 Å². The van der Waals surface area contributed by atoms with Crippen molar-refractivity contribution in [3.63, 3.8) is 0 Å². The highest BCUT2D eigenvalue weighted by Crippen LogP contribution is 2.29. The summed E-state index contributed by atoms with van der Waals surface area (Å²) in [5.74, 6) is 1.68. The van der Waals surface area contributed by atoms with E-state index >= 15 is 0 Å². The van der Waals surface area contributed by atoms with Crippen LogP contribution in [-0.4, -0.2) is 41.0 Å². The van der Waals surface area contributed by atoms with E-state index in [0.717, 1.165) is 42.9 Å². The molecule has 2 unspecified atom stereocenters. The van der Waals surface area contributed by atoms with E-state index in [0.29, 0.717) is 29.8 Å². The molecule has 3 aromatic carbocycles. The molecule has 2 atom stereocenters. The molecule has 3 rings (SSSR count). The molecular weight excluding hydrogens is 562 g/mol. The van der Waals surface area contributed by atoms with Gasteiger partial charge < -0.3 is 20.3 Å². The van der Waals surface area contributed by atoms with E-state index in [4.69, 9.17) is 11.2 Å². The second-order valence-corrected chi connectivity index (χ2v) is 12.9. The van der Waals surface area contributed by atoms with Gasteiger partial charge in [-0.05, 0) is 67.6 Å². The quantitative estimate of drug-likeness (QED) is 0.142. The summed E-state index contributed by atoms with van der Waals surface area (Å²) in [5, 5.41) is 7.89. The second-order valence-electron chi connectivity index (χ2n) is 12.9. The molecule has 7 nitrogen and oxygen atoms in total. The van der Waals surface area contributed by atoms with Crippen LogP contribution in [0.2, 0.25) is 0 Å². The van der Waals surface area contributed by atoms with Gasteiger partial charge in [0.25, 0.3) is 5.91 Å². The molecule has 0 radical (unpaired) electrons. The lowest BCUT2D eigenvalue weighted by atomic mass is 9.95. The minimum atomic E-state index is -1.03. The number of nitrogens with zero attached hydrogens (tertiary/aromatic N) is 1. The normalized spacial score (nSPS) is 12.7. The van der Waals surface area contributed by atoms with Gasteiger partial charge in [0.1, 0.15) is 17.7 Å². The fourth-order valence-electron chi connectivity index (χ4n) is 5.35. The molecule has 0 bridgehead atoms. The van der Waals surface area contributed by atoms with Crippen LogP contribution in [0.1, 0.15) is 97.2 Å². The molecule has 0 saturated carbocycles. The Morgan fingerprint density at radius 3 is 2.20 bits per heavy atom. The van der Waals surface area contributed by atoms with Crippen LogP contribution in [0.15, 0.2) is 66.7 Å². The van der Waals surface area contributed by atoms with Gasteiger partial charge in [0, 0.05) is 17.8 Å². The van der Waals surface area contributed by atoms with Crippen molar-refractivity contribution in [1.82, 2.24) is 10.2 Å². The molecule has 0 spiro atoms. The number of rotatable bonds is 14.